The number of nitrogens with two attached hydrogens (primary N) is 1. The molecule has 3 N–H and O–H groups in total. The van der Waals surface area contributed by atoms with Gasteiger partial charge in [-0.25, -0.2) is 4.98 Å². The number of pyridine rings is 1. The zero-order valence-corrected chi connectivity index (χ0v) is 10.8. The average molecular weight is 279 g/mol. The zero-order chi connectivity index (χ0) is 14.0. The quantitative estimate of drug-likeness (QED) is 0.510. The highest BCUT2D eigenvalue weighted by atomic mass is 35.5. The van der Waals surface area contributed by atoms with Crippen molar-refractivity contribution in [2.75, 3.05) is 11.1 Å². The Kier molecular flexibility index (Phi) is 3.52. The van der Waals surface area contributed by atoms with E-state index in [1.54, 1.807) is 31.2 Å². The fourth-order valence-corrected chi connectivity index (χ4v) is 1.80. The lowest BCUT2D eigenvalue weighted by Gasteiger charge is -2.09. The molecule has 0 aliphatic heterocycles. The number of anilines is 3. The molecule has 0 spiro atoms. The molecule has 0 amide bonds. The topological polar surface area (TPSA) is 94.1 Å². The van der Waals surface area contributed by atoms with E-state index >= 15 is 0 Å². The molecule has 0 bridgehead atoms. The number of hydrogen-bond donors (Lipinski definition) is 2. The van der Waals surface area contributed by atoms with Gasteiger partial charge in [0.05, 0.1) is 15.6 Å². The minimum absolute atomic E-state index is 0.0824. The number of nitro groups is 1. The van der Waals surface area contributed by atoms with E-state index in [9.17, 15) is 10.1 Å². The van der Waals surface area contributed by atoms with Gasteiger partial charge in [-0.05, 0) is 31.2 Å². The summed E-state index contributed by atoms with van der Waals surface area (Å²) < 4.78 is 0. The van der Waals surface area contributed by atoms with E-state index in [1.165, 1.54) is 6.20 Å². The molecule has 19 heavy (non-hydrogen) atoms. The van der Waals surface area contributed by atoms with Crippen molar-refractivity contribution >= 4 is 34.5 Å². The minimum Gasteiger partial charge on any atom is -0.399 e. The second-order valence-corrected chi connectivity index (χ2v) is 4.35. The van der Waals surface area contributed by atoms with E-state index < -0.39 is 4.92 Å². The Morgan fingerprint density at radius 1 is 1.42 bits per heavy atom. The summed E-state index contributed by atoms with van der Waals surface area (Å²) in [5.41, 5.74) is 7.07. The summed E-state index contributed by atoms with van der Waals surface area (Å²) in [6, 6.07) is 6.42. The van der Waals surface area contributed by atoms with Gasteiger partial charge in [-0.3, -0.25) is 10.1 Å². The molecule has 1 aromatic carbocycles. The summed E-state index contributed by atoms with van der Waals surface area (Å²) in [5.74, 6) is 0.137. The summed E-state index contributed by atoms with van der Waals surface area (Å²) in [7, 11) is 0. The highest BCUT2D eigenvalue weighted by Gasteiger charge is 2.19. The number of aromatic nitrogens is 1. The van der Waals surface area contributed by atoms with Gasteiger partial charge in [0, 0.05) is 17.4 Å². The number of halogens is 1. The highest BCUT2D eigenvalue weighted by molar-refractivity contribution is 6.33. The molecule has 2 rings (SSSR count). The fraction of sp³-hybridized carbons (Fsp3) is 0.0833. The standard InChI is InChI=1S/C12H11ClN4O2/c1-7-4-5-15-12(11(7)17(18)19)16-10-6-8(14)2-3-9(10)13/h2-6H,14H2,1H3,(H,15,16). The summed E-state index contributed by atoms with van der Waals surface area (Å²) >= 11 is 6.00. The van der Waals surface area contributed by atoms with Crippen molar-refractivity contribution in [3.05, 3.63) is 51.2 Å². The Labute approximate surface area is 114 Å². The Morgan fingerprint density at radius 2 is 2.16 bits per heavy atom. The number of aryl methyl sites for hydroxylation is 1. The smallest absolute Gasteiger partial charge is 0.314 e. The highest BCUT2D eigenvalue weighted by Crippen LogP contribution is 2.32. The van der Waals surface area contributed by atoms with Crippen molar-refractivity contribution < 1.29 is 4.92 Å². The van der Waals surface area contributed by atoms with Gasteiger partial charge in [0.1, 0.15) is 0 Å². The van der Waals surface area contributed by atoms with Gasteiger partial charge in [-0.15, -0.1) is 0 Å². The first-order valence-electron chi connectivity index (χ1n) is 5.41. The third-order valence-corrected chi connectivity index (χ3v) is 2.88. The molecule has 0 saturated heterocycles. The number of benzene rings is 1. The van der Waals surface area contributed by atoms with E-state index in [4.69, 9.17) is 17.3 Å². The first-order chi connectivity index (χ1) is 8.99. The number of nitrogen functional groups attached to an aromatic ring is 1. The van der Waals surface area contributed by atoms with Crippen molar-refractivity contribution in [2.45, 2.75) is 6.92 Å². The average Bonchev–Trinajstić information content (AvgIpc) is 2.33. The second-order valence-electron chi connectivity index (χ2n) is 3.95. The van der Waals surface area contributed by atoms with Crippen LogP contribution in [0.4, 0.5) is 22.9 Å². The van der Waals surface area contributed by atoms with E-state index in [0.717, 1.165) is 0 Å². The Bertz CT molecular complexity index is 646. The van der Waals surface area contributed by atoms with Crippen LogP contribution < -0.4 is 11.1 Å². The van der Waals surface area contributed by atoms with E-state index in [0.29, 0.717) is 22.0 Å². The summed E-state index contributed by atoms with van der Waals surface area (Å²) in [6.07, 6.45) is 1.49. The third-order valence-electron chi connectivity index (χ3n) is 2.55. The monoisotopic (exact) mass is 278 g/mol. The SMILES string of the molecule is Cc1ccnc(Nc2cc(N)ccc2Cl)c1[N+](=O)[O-]. The van der Waals surface area contributed by atoms with E-state index in [-0.39, 0.29) is 11.5 Å². The van der Waals surface area contributed by atoms with Gasteiger partial charge in [-0.1, -0.05) is 11.6 Å². The number of hydrogen-bond acceptors (Lipinski definition) is 5. The summed E-state index contributed by atoms with van der Waals surface area (Å²) in [4.78, 5) is 14.5. The lowest BCUT2D eigenvalue weighted by Crippen LogP contribution is -2.02. The van der Waals surface area contributed by atoms with Gasteiger partial charge in [0.25, 0.3) is 0 Å². The maximum atomic E-state index is 11.1. The molecule has 2 aromatic rings. The van der Waals surface area contributed by atoms with Crippen molar-refractivity contribution in [2.24, 2.45) is 0 Å². The number of nitrogens with one attached hydrogen (secondary N) is 1. The summed E-state index contributed by atoms with van der Waals surface area (Å²) in [6.45, 7) is 1.64. The van der Waals surface area contributed by atoms with Crippen LogP contribution in [0.3, 0.4) is 0 Å². The fourth-order valence-electron chi connectivity index (χ4n) is 1.64. The molecule has 1 aromatic heterocycles. The predicted molar refractivity (Wildman–Crippen MR) is 74.8 cm³/mol. The van der Waals surface area contributed by atoms with Crippen LogP contribution in [0, 0.1) is 17.0 Å². The maximum absolute atomic E-state index is 11.1. The minimum atomic E-state index is -0.481. The van der Waals surface area contributed by atoms with Crippen molar-refractivity contribution in [1.29, 1.82) is 0 Å². The molecule has 0 aliphatic carbocycles. The first-order valence-corrected chi connectivity index (χ1v) is 5.79. The molecule has 6 nitrogen and oxygen atoms in total. The van der Waals surface area contributed by atoms with Crippen LogP contribution >= 0.6 is 11.6 Å². The molecule has 0 fully saturated rings. The van der Waals surface area contributed by atoms with Crippen LogP contribution in [0.1, 0.15) is 5.56 Å². The maximum Gasteiger partial charge on any atom is 0.314 e. The molecule has 0 radical (unpaired) electrons. The van der Waals surface area contributed by atoms with Gasteiger partial charge in [0.2, 0.25) is 5.82 Å². The van der Waals surface area contributed by atoms with Crippen LogP contribution in [-0.4, -0.2) is 9.91 Å². The molecule has 0 saturated carbocycles. The van der Waals surface area contributed by atoms with E-state index in [1.807, 2.05) is 0 Å². The molecule has 0 aliphatic rings. The Balaban J connectivity index is 2.46. The predicted octanol–water partition coefficient (Wildman–Crippen LogP) is 3.28. The molecule has 0 unspecified atom stereocenters. The van der Waals surface area contributed by atoms with Gasteiger partial charge in [-0.2, -0.15) is 0 Å². The van der Waals surface area contributed by atoms with E-state index in [2.05, 4.69) is 10.3 Å². The zero-order valence-electron chi connectivity index (χ0n) is 10.1. The summed E-state index contributed by atoms with van der Waals surface area (Å²) in [5, 5.41) is 14.3. The van der Waals surface area contributed by atoms with Crippen LogP contribution in [0.2, 0.25) is 5.02 Å². The third kappa shape index (κ3) is 2.74. The number of rotatable bonds is 3. The molecule has 0 atom stereocenters. The van der Waals surface area contributed by atoms with Crippen molar-refractivity contribution in [3.63, 3.8) is 0 Å². The Hall–Kier alpha value is -2.34. The normalized spacial score (nSPS) is 10.2. The van der Waals surface area contributed by atoms with Gasteiger partial charge < -0.3 is 11.1 Å². The number of nitrogens with zero attached hydrogens (tertiary/aromatic N) is 2. The van der Waals surface area contributed by atoms with Crippen LogP contribution in [-0.2, 0) is 0 Å². The Morgan fingerprint density at radius 3 is 2.84 bits per heavy atom. The molecule has 1 heterocycles. The lowest BCUT2D eigenvalue weighted by atomic mass is 10.2. The largest absolute Gasteiger partial charge is 0.399 e. The molecule has 7 heteroatoms. The first kappa shape index (κ1) is 13.1. The molecular formula is C12H11ClN4O2. The molecule has 98 valence electrons. The molecular weight excluding hydrogens is 268 g/mol. The second kappa shape index (κ2) is 5.11. The van der Waals surface area contributed by atoms with Crippen LogP contribution in [0.15, 0.2) is 30.5 Å². The van der Waals surface area contributed by atoms with Crippen molar-refractivity contribution in [3.8, 4) is 0 Å². The van der Waals surface area contributed by atoms with Crippen molar-refractivity contribution in [1.82, 2.24) is 4.98 Å². The van der Waals surface area contributed by atoms with Gasteiger partial charge >= 0.3 is 5.69 Å². The van der Waals surface area contributed by atoms with Crippen LogP contribution in [0.5, 0.6) is 0 Å². The van der Waals surface area contributed by atoms with Gasteiger partial charge in [0.15, 0.2) is 0 Å². The lowest BCUT2D eigenvalue weighted by molar-refractivity contribution is -0.384. The van der Waals surface area contributed by atoms with Crippen LogP contribution in [0.25, 0.3) is 0 Å².